The van der Waals surface area contributed by atoms with Crippen molar-refractivity contribution in [2.24, 2.45) is 0 Å². The molecule has 2 aromatic heterocycles. The summed E-state index contributed by atoms with van der Waals surface area (Å²) in [4.78, 5) is 36.8. The Balaban J connectivity index is 1.39. The Kier molecular flexibility index (Phi) is 9.77. The average Bonchev–Trinajstić information content (AvgIpc) is 3.74. The molecule has 4 aromatic rings. The number of hydrogen-bond donors (Lipinski definition) is 0. The molecule has 2 aromatic carbocycles. The first-order chi connectivity index (χ1) is 23.2. The van der Waals surface area contributed by atoms with Crippen molar-refractivity contribution < 1.29 is 28.5 Å². The zero-order valence-electron chi connectivity index (χ0n) is 28.7. The van der Waals surface area contributed by atoms with Gasteiger partial charge >= 0.3 is 0 Å². The fourth-order valence-electron chi connectivity index (χ4n) is 6.85. The van der Waals surface area contributed by atoms with Crippen molar-refractivity contribution in [3.63, 3.8) is 0 Å². The second-order valence-corrected chi connectivity index (χ2v) is 12.6. The van der Waals surface area contributed by atoms with Crippen LogP contribution in [0.5, 0.6) is 23.0 Å². The lowest BCUT2D eigenvalue weighted by atomic mass is 10.1. The summed E-state index contributed by atoms with van der Waals surface area (Å²) in [5.74, 6) is 2.18. The minimum absolute atomic E-state index is 0.00349. The molecule has 2 aliphatic heterocycles. The Morgan fingerprint density at radius 2 is 1.60 bits per heavy atom. The Hall–Kier alpha value is -4.77. The first-order valence-electron chi connectivity index (χ1n) is 16.6. The standard InChI is InChI=1S/C37H45N5O6/c1-24(2)48-27-10-11-28-29-13-14-38-25(3)34(29)42(30(28)22-27)35-26(21-31(45-4)36(46-5)37(35)47-6)9-12-32(43)41-19-17-39(18-20-41)23-33(44)40-15-7-8-16-40/h9-14,21-22,24H,7-8,15-20,23H2,1-6H3/b12-9+. The summed E-state index contributed by atoms with van der Waals surface area (Å²) in [5.41, 5.74) is 4.01. The van der Waals surface area contributed by atoms with Gasteiger partial charge in [0.05, 0.1) is 50.7 Å². The van der Waals surface area contributed by atoms with Crippen LogP contribution in [0.25, 0.3) is 33.6 Å². The van der Waals surface area contributed by atoms with Gasteiger partial charge in [-0.05, 0) is 64.0 Å². The normalized spacial score (nSPS) is 15.6. The van der Waals surface area contributed by atoms with E-state index in [9.17, 15) is 9.59 Å². The van der Waals surface area contributed by atoms with Crippen LogP contribution in [0.4, 0.5) is 0 Å². The second kappa shape index (κ2) is 14.1. The van der Waals surface area contributed by atoms with Gasteiger partial charge in [0.25, 0.3) is 0 Å². The molecule has 0 spiro atoms. The topological polar surface area (TPSA) is 98.6 Å². The number of fused-ring (bicyclic) bond motifs is 3. The fraction of sp³-hybridized carbons (Fsp3) is 0.432. The highest BCUT2D eigenvalue weighted by molar-refractivity contribution is 6.11. The summed E-state index contributed by atoms with van der Waals surface area (Å²) in [5, 5.41) is 2.05. The van der Waals surface area contributed by atoms with E-state index in [1.807, 2.05) is 67.1 Å². The highest BCUT2D eigenvalue weighted by Gasteiger charge is 2.27. The predicted octanol–water partition coefficient (Wildman–Crippen LogP) is 5.08. The fourth-order valence-corrected chi connectivity index (χ4v) is 6.85. The quantitative estimate of drug-likeness (QED) is 0.218. The Labute approximate surface area is 281 Å². The van der Waals surface area contributed by atoms with E-state index >= 15 is 0 Å². The van der Waals surface area contributed by atoms with Crippen LogP contribution < -0.4 is 18.9 Å². The smallest absolute Gasteiger partial charge is 0.246 e. The number of nitrogens with zero attached hydrogens (tertiary/aromatic N) is 5. The minimum atomic E-state index is -0.104. The van der Waals surface area contributed by atoms with Gasteiger partial charge in [-0.3, -0.25) is 19.5 Å². The van der Waals surface area contributed by atoms with Crippen LogP contribution in [0.3, 0.4) is 0 Å². The molecule has 0 atom stereocenters. The molecule has 11 heteroatoms. The molecule has 2 aliphatic rings. The lowest BCUT2D eigenvalue weighted by Crippen LogP contribution is -2.51. The molecule has 0 N–H and O–H groups in total. The lowest BCUT2D eigenvalue weighted by molar-refractivity contribution is -0.132. The summed E-state index contributed by atoms with van der Waals surface area (Å²) in [6.45, 7) is 10.5. The van der Waals surface area contributed by atoms with Gasteiger partial charge in [0.15, 0.2) is 11.5 Å². The monoisotopic (exact) mass is 655 g/mol. The summed E-state index contributed by atoms with van der Waals surface area (Å²) in [6.07, 6.45) is 7.37. The van der Waals surface area contributed by atoms with Crippen molar-refractivity contribution in [1.29, 1.82) is 0 Å². The first kappa shape index (κ1) is 33.1. The van der Waals surface area contributed by atoms with E-state index in [1.54, 1.807) is 27.4 Å². The van der Waals surface area contributed by atoms with Crippen molar-refractivity contribution in [1.82, 2.24) is 24.3 Å². The third-order valence-electron chi connectivity index (χ3n) is 9.17. The number of ether oxygens (including phenoxy) is 4. The lowest BCUT2D eigenvalue weighted by Gasteiger charge is -2.34. The van der Waals surface area contributed by atoms with E-state index in [1.165, 1.54) is 0 Å². The molecule has 0 aliphatic carbocycles. The van der Waals surface area contributed by atoms with Gasteiger partial charge in [-0.25, -0.2) is 0 Å². The number of carbonyl (C=O) groups excluding carboxylic acids is 2. The molecule has 0 radical (unpaired) electrons. The molecule has 2 saturated heterocycles. The molecule has 6 rings (SSSR count). The number of likely N-dealkylation sites (tertiary alicyclic amines) is 1. The number of benzene rings is 2. The van der Waals surface area contributed by atoms with Crippen LogP contribution in [-0.4, -0.2) is 109 Å². The number of piperazine rings is 1. The highest BCUT2D eigenvalue weighted by atomic mass is 16.5. The maximum Gasteiger partial charge on any atom is 0.246 e. The number of hydrogen-bond acceptors (Lipinski definition) is 8. The van der Waals surface area contributed by atoms with Gasteiger partial charge in [-0.15, -0.1) is 0 Å². The molecule has 2 amide bonds. The van der Waals surface area contributed by atoms with E-state index in [4.69, 9.17) is 18.9 Å². The van der Waals surface area contributed by atoms with E-state index in [-0.39, 0.29) is 17.9 Å². The summed E-state index contributed by atoms with van der Waals surface area (Å²) in [7, 11) is 4.75. The minimum Gasteiger partial charge on any atom is -0.493 e. The van der Waals surface area contributed by atoms with Gasteiger partial charge < -0.3 is 33.3 Å². The molecule has 4 heterocycles. The maximum atomic E-state index is 13.6. The third kappa shape index (κ3) is 6.38. The van der Waals surface area contributed by atoms with Crippen molar-refractivity contribution in [2.45, 2.75) is 39.7 Å². The van der Waals surface area contributed by atoms with Crippen molar-refractivity contribution in [2.75, 3.05) is 67.1 Å². The van der Waals surface area contributed by atoms with Crippen LogP contribution in [0.1, 0.15) is 37.9 Å². The van der Waals surface area contributed by atoms with Crippen molar-refractivity contribution in [3.05, 3.63) is 53.9 Å². The van der Waals surface area contributed by atoms with Gasteiger partial charge in [-0.2, -0.15) is 0 Å². The average molecular weight is 656 g/mol. The van der Waals surface area contributed by atoms with E-state index < -0.39 is 0 Å². The van der Waals surface area contributed by atoms with Crippen molar-refractivity contribution in [3.8, 4) is 28.7 Å². The summed E-state index contributed by atoms with van der Waals surface area (Å²) in [6, 6.07) is 9.94. The molecule has 48 heavy (non-hydrogen) atoms. The largest absolute Gasteiger partial charge is 0.493 e. The molecule has 0 bridgehead atoms. The maximum absolute atomic E-state index is 13.6. The molecule has 0 saturated carbocycles. The molecule has 11 nitrogen and oxygen atoms in total. The van der Waals surface area contributed by atoms with Crippen LogP contribution in [-0.2, 0) is 9.59 Å². The number of rotatable bonds is 10. The van der Waals surface area contributed by atoms with Crippen LogP contribution >= 0.6 is 0 Å². The summed E-state index contributed by atoms with van der Waals surface area (Å²) < 4.78 is 25.9. The zero-order valence-corrected chi connectivity index (χ0v) is 28.7. The SMILES string of the molecule is COc1cc(/C=C/C(=O)N2CCN(CC(=O)N3CCCC3)CC2)c(-n2c3cc(OC(C)C)ccc3c3ccnc(C)c32)c(OC)c1OC. The van der Waals surface area contributed by atoms with Gasteiger partial charge in [0.2, 0.25) is 17.6 Å². The van der Waals surface area contributed by atoms with E-state index in [2.05, 4.69) is 20.5 Å². The third-order valence-corrected chi connectivity index (χ3v) is 9.17. The van der Waals surface area contributed by atoms with E-state index in [0.717, 1.165) is 59.2 Å². The predicted molar refractivity (Wildman–Crippen MR) is 187 cm³/mol. The number of methoxy groups -OCH3 is 3. The van der Waals surface area contributed by atoms with Crippen LogP contribution in [0.2, 0.25) is 0 Å². The van der Waals surface area contributed by atoms with Crippen molar-refractivity contribution >= 4 is 39.7 Å². The molecule has 0 unspecified atom stereocenters. The number of amides is 2. The Morgan fingerprint density at radius 3 is 2.27 bits per heavy atom. The first-order valence-corrected chi connectivity index (χ1v) is 16.6. The van der Waals surface area contributed by atoms with Gasteiger partial charge in [0, 0.05) is 73.9 Å². The second-order valence-electron chi connectivity index (χ2n) is 12.6. The van der Waals surface area contributed by atoms with Crippen LogP contribution in [0.15, 0.2) is 42.6 Å². The zero-order chi connectivity index (χ0) is 33.9. The molecule has 254 valence electrons. The Bertz CT molecular complexity index is 1850. The van der Waals surface area contributed by atoms with E-state index in [0.29, 0.717) is 61.2 Å². The molecular formula is C37H45N5O6. The number of aryl methyl sites for hydroxylation is 1. The molecular weight excluding hydrogens is 610 g/mol. The van der Waals surface area contributed by atoms with Gasteiger partial charge in [-0.1, -0.05) is 0 Å². The van der Waals surface area contributed by atoms with Crippen LogP contribution in [0, 0.1) is 6.92 Å². The highest BCUT2D eigenvalue weighted by Crippen LogP contribution is 2.47. The van der Waals surface area contributed by atoms with Gasteiger partial charge in [0.1, 0.15) is 11.4 Å². The Morgan fingerprint density at radius 1 is 0.875 bits per heavy atom. The number of pyridine rings is 1. The molecule has 2 fully saturated rings. The summed E-state index contributed by atoms with van der Waals surface area (Å²) >= 11 is 0. The number of aromatic nitrogens is 2. The number of carbonyl (C=O) groups is 2.